The average molecular weight is 268 g/mol. The van der Waals surface area contributed by atoms with E-state index in [9.17, 15) is 9.59 Å². The van der Waals surface area contributed by atoms with Gasteiger partial charge >= 0.3 is 5.97 Å². The van der Waals surface area contributed by atoms with Crippen molar-refractivity contribution in [3.05, 3.63) is 11.9 Å². The third-order valence-electron chi connectivity index (χ3n) is 2.98. The smallest absolute Gasteiger partial charge is 0.358 e. The zero-order valence-corrected chi connectivity index (χ0v) is 10.7. The maximum atomic E-state index is 11.9. The van der Waals surface area contributed by atoms with E-state index in [1.807, 2.05) is 0 Å². The molecular weight excluding hydrogens is 252 g/mol. The number of carboxylic acid groups (broad SMARTS) is 1. The number of hydrogen-bond donors (Lipinski definition) is 1. The van der Waals surface area contributed by atoms with Crippen molar-refractivity contribution in [3.63, 3.8) is 0 Å². The molecule has 2 rings (SSSR count). The molecule has 1 aliphatic rings. The normalized spacial score (nSPS) is 18.5. The van der Waals surface area contributed by atoms with E-state index in [-0.39, 0.29) is 24.2 Å². The lowest BCUT2D eigenvalue weighted by molar-refractivity contribution is -0.132. The van der Waals surface area contributed by atoms with Crippen LogP contribution in [0.3, 0.4) is 0 Å². The van der Waals surface area contributed by atoms with Gasteiger partial charge in [-0.2, -0.15) is 0 Å². The maximum absolute atomic E-state index is 11.9. The van der Waals surface area contributed by atoms with Gasteiger partial charge in [-0.25, -0.2) is 9.48 Å². The van der Waals surface area contributed by atoms with E-state index in [0.29, 0.717) is 6.54 Å². The number of likely N-dealkylation sites (N-methyl/N-ethyl adjacent to an activating group) is 1. The summed E-state index contributed by atoms with van der Waals surface area (Å²) in [6, 6.07) is 0. The zero-order chi connectivity index (χ0) is 13.8. The fourth-order valence-electron chi connectivity index (χ4n) is 1.93. The van der Waals surface area contributed by atoms with Crippen LogP contribution >= 0.6 is 0 Å². The Kier molecular flexibility index (Phi) is 4.10. The maximum Gasteiger partial charge on any atom is 0.358 e. The number of hydrogen-bond acceptors (Lipinski definition) is 5. The summed E-state index contributed by atoms with van der Waals surface area (Å²) in [5.74, 6) is -1.32. The van der Waals surface area contributed by atoms with Gasteiger partial charge in [0.05, 0.1) is 12.3 Å². The van der Waals surface area contributed by atoms with Crippen molar-refractivity contribution in [2.75, 3.05) is 20.2 Å². The molecule has 0 spiro atoms. The van der Waals surface area contributed by atoms with Gasteiger partial charge in [0, 0.05) is 20.2 Å². The molecule has 8 nitrogen and oxygen atoms in total. The highest BCUT2D eigenvalue weighted by atomic mass is 16.5. The Bertz CT molecular complexity index is 467. The molecule has 104 valence electrons. The molecule has 1 atom stereocenters. The van der Waals surface area contributed by atoms with Crippen molar-refractivity contribution in [2.24, 2.45) is 0 Å². The van der Waals surface area contributed by atoms with Crippen LogP contribution in [0.1, 0.15) is 23.3 Å². The summed E-state index contributed by atoms with van der Waals surface area (Å²) in [6.07, 6.45) is 3.32. The Balaban J connectivity index is 1.86. The molecule has 1 fully saturated rings. The predicted molar refractivity (Wildman–Crippen MR) is 63.6 cm³/mol. The number of ether oxygens (including phenoxy) is 1. The zero-order valence-electron chi connectivity index (χ0n) is 10.7. The van der Waals surface area contributed by atoms with Crippen molar-refractivity contribution in [3.8, 4) is 0 Å². The number of carbonyl (C=O) groups is 2. The number of rotatable bonds is 5. The first-order valence-electron chi connectivity index (χ1n) is 6.05. The van der Waals surface area contributed by atoms with Gasteiger partial charge in [0.25, 0.3) is 0 Å². The molecule has 0 saturated carbocycles. The van der Waals surface area contributed by atoms with Crippen LogP contribution in [0.25, 0.3) is 0 Å². The highest BCUT2D eigenvalue weighted by molar-refractivity contribution is 5.84. The Morgan fingerprint density at radius 2 is 2.42 bits per heavy atom. The Hall–Kier alpha value is -1.96. The van der Waals surface area contributed by atoms with Gasteiger partial charge in [0.2, 0.25) is 5.91 Å². The minimum atomic E-state index is -1.16. The van der Waals surface area contributed by atoms with Gasteiger partial charge in [0.15, 0.2) is 5.69 Å². The third-order valence-corrected chi connectivity index (χ3v) is 2.98. The first kappa shape index (κ1) is 13.5. The number of carboxylic acids is 1. The van der Waals surface area contributed by atoms with Gasteiger partial charge in [-0.15, -0.1) is 5.10 Å². The van der Waals surface area contributed by atoms with E-state index in [4.69, 9.17) is 9.84 Å². The summed E-state index contributed by atoms with van der Waals surface area (Å²) < 4.78 is 6.67. The van der Waals surface area contributed by atoms with Crippen LogP contribution < -0.4 is 0 Å². The summed E-state index contributed by atoms with van der Waals surface area (Å²) in [5, 5.41) is 15.8. The quantitative estimate of drug-likeness (QED) is 0.781. The number of aromatic nitrogens is 3. The molecule has 1 N–H and O–H groups in total. The van der Waals surface area contributed by atoms with Crippen LogP contribution in [0.15, 0.2) is 6.20 Å². The molecule has 1 aromatic heterocycles. The van der Waals surface area contributed by atoms with E-state index in [2.05, 4.69) is 10.3 Å². The minimum Gasteiger partial charge on any atom is -0.476 e. The molecule has 0 bridgehead atoms. The number of carbonyl (C=O) groups excluding carboxylic acids is 1. The SMILES string of the molecule is CN(CC1CCCO1)C(=O)Cn1cc(C(=O)O)nn1. The fraction of sp³-hybridized carbons (Fsp3) is 0.636. The molecule has 1 aliphatic heterocycles. The van der Waals surface area contributed by atoms with Gasteiger partial charge in [-0.1, -0.05) is 5.21 Å². The van der Waals surface area contributed by atoms with Crippen molar-refractivity contribution >= 4 is 11.9 Å². The summed E-state index contributed by atoms with van der Waals surface area (Å²) in [5.41, 5.74) is -0.172. The predicted octanol–water partition coefficient (Wildman–Crippen LogP) is -0.386. The number of aromatic carboxylic acids is 1. The monoisotopic (exact) mass is 268 g/mol. The lowest BCUT2D eigenvalue weighted by Crippen LogP contribution is -2.36. The first-order chi connectivity index (χ1) is 9.06. The lowest BCUT2D eigenvalue weighted by atomic mass is 10.2. The number of amides is 1. The lowest BCUT2D eigenvalue weighted by Gasteiger charge is -2.20. The molecular formula is C11H16N4O4. The molecule has 19 heavy (non-hydrogen) atoms. The molecule has 1 saturated heterocycles. The minimum absolute atomic E-state index is 0.0243. The second-order valence-corrected chi connectivity index (χ2v) is 4.52. The average Bonchev–Trinajstić information content (AvgIpc) is 2.99. The van der Waals surface area contributed by atoms with E-state index in [1.54, 1.807) is 11.9 Å². The van der Waals surface area contributed by atoms with E-state index < -0.39 is 5.97 Å². The highest BCUT2D eigenvalue weighted by Crippen LogP contribution is 2.12. The van der Waals surface area contributed by atoms with Crippen molar-refractivity contribution in [1.82, 2.24) is 19.9 Å². The van der Waals surface area contributed by atoms with Gasteiger partial charge in [0.1, 0.15) is 6.54 Å². The van der Waals surface area contributed by atoms with Crippen LogP contribution in [0.2, 0.25) is 0 Å². The highest BCUT2D eigenvalue weighted by Gasteiger charge is 2.20. The molecule has 0 aliphatic carbocycles. The Labute approximate surface area is 109 Å². The van der Waals surface area contributed by atoms with E-state index >= 15 is 0 Å². The van der Waals surface area contributed by atoms with Crippen LogP contribution in [0, 0.1) is 0 Å². The second-order valence-electron chi connectivity index (χ2n) is 4.52. The topological polar surface area (TPSA) is 97.5 Å². The molecule has 1 amide bonds. The van der Waals surface area contributed by atoms with Gasteiger partial charge in [-0.05, 0) is 12.8 Å². The molecule has 2 heterocycles. The van der Waals surface area contributed by atoms with E-state index in [1.165, 1.54) is 10.9 Å². The van der Waals surface area contributed by atoms with Crippen LogP contribution in [-0.2, 0) is 16.1 Å². The molecule has 8 heteroatoms. The van der Waals surface area contributed by atoms with Gasteiger partial charge < -0.3 is 14.7 Å². The standard InChI is InChI=1S/C11H16N4O4/c1-14(5-8-3-2-4-19-8)10(16)7-15-6-9(11(17)18)12-13-15/h6,8H,2-5,7H2,1H3,(H,17,18). The Morgan fingerprint density at radius 1 is 1.63 bits per heavy atom. The largest absolute Gasteiger partial charge is 0.476 e. The first-order valence-corrected chi connectivity index (χ1v) is 6.05. The number of nitrogens with zero attached hydrogens (tertiary/aromatic N) is 4. The van der Waals surface area contributed by atoms with Crippen LogP contribution in [0.4, 0.5) is 0 Å². The summed E-state index contributed by atoms with van der Waals surface area (Å²) in [6.45, 7) is 1.26. The summed E-state index contributed by atoms with van der Waals surface area (Å²) in [7, 11) is 1.69. The molecule has 0 radical (unpaired) electrons. The summed E-state index contributed by atoms with van der Waals surface area (Å²) >= 11 is 0. The Morgan fingerprint density at radius 3 is 3.00 bits per heavy atom. The van der Waals surface area contributed by atoms with Gasteiger partial charge in [-0.3, -0.25) is 4.79 Å². The van der Waals surface area contributed by atoms with Crippen LogP contribution in [-0.4, -0.2) is 63.2 Å². The molecule has 1 unspecified atom stereocenters. The van der Waals surface area contributed by atoms with Crippen molar-refractivity contribution in [2.45, 2.75) is 25.5 Å². The molecule has 0 aromatic carbocycles. The van der Waals surface area contributed by atoms with Crippen molar-refractivity contribution < 1.29 is 19.4 Å². The molecule has 1 aromatic rings. The third kappa shape index (κ3) is 3.50. The van der Waals surface area contributed by atoms with E-state index in [0.717, 1.165) is 19.4 Å². The summed E-state index contributed by atoms with van der Waals surface area (Å²) in [4.78, 5) is 24.1. The second kappa shape index (κ2) is 5.79. The van der Waals surface area contributed by atoms with Crippen molar-refractivity contribution in [1.29, 1.82) is 0 Å². The van der Waals surface area contributed by atoms with Crippen LogP contribution in [0.5, 0.6) is 0 Å². The fourth-order valence-corrected chi connectivity index (χ4v) is 1.93.